The normalized spacial score (nSPS) is 11.4. The Labute approximate surface area is 191 Å². The number of carbonyl (C=O) groups excluding carboxylic acids is 1. The number of benzene rings is 2. The molecule has 3 heterocycles. The van der Waals surface area contributed by atoms with Crippen LogP contribution >= 0.6 is 23.1 Å². The molecule has 0 fully saturated rings. The van der Waals surface area contributed by atoms with Crippen LogP contribution in [0.15, 0.2) is 70.6 Å². The molecule has 0 aliphatic rings. The second-order valence-electron chi connectivity index (χ2n) is 7.37. The third kappa shape index (κ3) is 3.49. The van der Waals surface area contributed by atoms with Crippen LogP contribution in [-0.4, -0.2) is 25.1 Å². The highest BCUT2D eigenvalue weighted by molar-refractivity contribution is 7.98. The van der Waals surface area contributed by atoms with Gasteiger partial charge in [-0.25, -0.2) is 4.40 Å². The molecule has 0 saturated heterocycles. The van der Waals surface area contributed by atoms with Gasteiger partial charge in [0.25, 0.3) is 11.5 Å². The zero-order chi connectivity index (χ0) is 22.2. The lowest BCUT2D eigenvalue weighted by Gasteiger charge is -2.10. The lowest BCUT2D eigenvalue weighted by Crippen LogP contribution is -2.24. The molecule has 0 saturated carbocycles. The van der Waals surface area contributed by atoms with Gasteiger partial charge in [0.05, 0.1) is 16.8 Å². The van der Waals surface area contributed by atoms with Gasteiger partial charge in [0, 0.05) is 5.75 Å². The number of rotatable bonds is 6. The minimum atomic E-state index is -0.544. The predicted octanol–water partition coefficient (Wildman–Crippen LogP) is 3.85. The standard InChI is InChI=1S/C23H19N5O2S2/c1-14-17-20(30)27(12-15-8-4-2-5-9-15)22-25-26-23(31-13-16-10-6-3-7-11-16)28(22)21(17)32-18(14)19(24)29/h2-11H,12-13H2,1H3,(H2,24,29). The molecule has 5 rings (SSSR count). The van der Waals surface area contributed by atoms with E-state index in [-0.39, 0.29) is 5.56 Å². The number of aromatic nitrogens is 4. The summed E-state index contributed by atoms with van der Waals surface area (Å²) in [7, 11) is 0. The first-order valence-electron chi connectivity index (χ1n) is 9.96. The van der Waals surface area contributed by atoms with Crippen LogP contribution in [0.1, 0.15) is 26.4 Å². The average molecular weight is 462 g/mol. The Morgan fingerprint density at radius 2 is 1.69 bits per heavy atom. The zero-order valence-corrected chi connectivity index (χ0v) is 18.8. The molecule has 0 atom stereocenters. The summed E-state index contributed by atoms with van der Waals surface area (Å²) < 4.78 is 3.49. The van der Waals surface area contributed by atoms with Crippen molar-refractivity contribution >= 4 is 45.0 Å². The van der Waals surface area contributed by atoms with Gasteiger partial charge in [0.1, 0.15) is 4.83 Å². The maximum absolute atomic E-state index is 13.5. The molecule has 0 aliphatic carbocycles. The molecule has 160 valence electrons. The molecule has 0 spiro atoms. The molecule has 9 heteroatoms. The van der Waals surface area contributed by atoms with Crippen LogP contribution in [0.5, 0.6) is 0 Å². The fourth-order valence-electron chi connectivity index (χ4n) is 3.71. The van der Waals surface area contributed by atoms with Crippen LogP contribution in [0, 0.1) is 6.92 Å². The zero-order valence-electron chi connectivity index (χ0n) is 17.2. The third-order valence-electron chi connectivity index (χ3n) is 5.27. The maximum Gasteiger partial charge on any atom is 0.264 e. The van der Waals surface area contributed by atoms with Crippen molar-refractivity contribution in [3.05, 3.63) is 92.6 Å². The topological polar surface area (TPSA) is 95.3 Å². The Balaban J connectivity index is 1.73. The van der Waals surface area contributed by atoms with Crippen LogP contribution in [0.4, 0.5) is 0 Å². The number of carbonyl (C=O) groups is 1. The monoisotopic (exact) mass is 461 g/mol. The Morgan fingerprint density at radius 3 is 2.34 bits per heavy atom. The van der Waals surface area contributed by atoms with E-state index < -0.39 is 5.91 Å². The summed E-state index contributed by atoms with van der Waals surface area (Å²) in [5.74, 6) is 0.602. The minimum absolute atomic E-state index is 0.204. The summed E-state index contributed by atoms with van der Waals surface area (Å²) in [5, 5.41) is 9.90. The van der Waals surface area contributed by atoms with Crippen LogP contribution in [0.2, 0.25) is 0 Å². The van der Waals surface area contributed by atoms with Crippen molar-refractivity contribution in [2.45, 2.75) is 24.4 Å². The largest absolute Gasteiger partial charge is 0.365 e. The number of nitrogens with two attached hydrogens (primary N) is 1. The van der Waals surface area contributed by atoms with E-state index in [9.17, 15) is 9.59 Å². The van der Waals surface area contributed by atoms with Gasteiger partial charge in [0.15, 0.2) is 5.16 Å². The lowest BCUT2D eigenvalue weighted by molar-refractivity contribution is 0.100. The highest BCUT2D eigenvalue weighted by atomic mass is 32.2. The van der Waals surface area contributed by atoms with Gasteiger partial charge in [-0.3, -0.25) is 14.2 Å². The van der Waals surface area contributed by atoms with E-state index in [1.807, 2.05) is 52.9 Å². The first-order chi connectivity index (χ1) is 15.5. The summed E-state index contributed by atoms with van der Waals surface area (Å²) in [4.78, 5) is 26.6. The summed E-state index contributed by atoms with van der Waals surface area (Å²) in [6, 6.07) is 19.8. The van der Waals surface area contributed by atoms with Gasteiger partial charge in [-0.1, -0.05) is 72.4 Å². The number of thiophene rings is 1. The molecular weight excluding hydrogens is 442 g/mol. The van der Waals surface area contributed by atoms with E-state index in [0.29, 0.717) is 43.9 Å². The Hall–Kier alpha value is -3.43. The first-order valence-corrected chi connectivity index (χ1v) is 11.8. The lowest BCUT2D eigenvalue weighted by atomic mass is 10.2. The summed E-state index contributed by atoms with van der Waals surface area (Å²) in [6.07, 6.45) is 0. The molecule has 32 heavy (non-hydrogen) atoms. The number of amides is 1. The second kappa shape index (κ2) is 8.25. The molecule has 3 aromatic heterocycles. The van der Waals surface area contributed by atoms with Crippen molar-refractivity contribution in [3.63, 3.8) is 0 Å². The number of primary amides is 1. The molecule has 0 aliphatic heterocycles. The SMILES string of the molecule is Cc1c(C(N)=O)sc2c1c(=O)n(Cc1ccccc1)c1nnc(SCc3ccccc3)n21. The van der Waals surface area contributed by atoms with E-state index in [4.69, 9.17) is 5.73 Å². The van der Waals surface area contributed by atoms with Gasteiger partial charge in [-0.2, -0.15) is 0 Å². The smallest absolute Gasteiger partial charge is 0.264 e. The quantitative estimate of drug-likeness (QED) is 0.388. The second-order valence-corrected chi connectivity index (χ2v) is 9.31. The molecular formula is C23H19N5O2S2. The predicted molar refractivity (Wildman–Crippen MR) is 127 cm³/mol. The molecule has 0 radical (unpaired) electrons. The van der Waals surface area contributed by atoms with Crippen molar-refractivity contribution < 1.29 is 4.79 Å². The Bertz CT molecular complexity index is 1500. The van der Waals surface area contributed by atoms with E-state index in [1.165, 1.54) is 23.1 Å². The fourth-order valence-corrected chi connectivity index (χ4v) is 5.80. The first kappa shape index (κ1) is 20.5. The molecule has 2 N–H and O–H groups in total. The molecule has 1 amide bonds. The van der Waals surface area contributed by atoms with E-state index in [2.05, 4.69) is 22.3 Å². The number of hydrogen-bond acceptors (Lipinski definition) is 6. The summed E-state index contributed by atoms with van der Waals surface area (Å²) in [6.45, 7) is 2.11. The van der Waals surface area contributed by atoms with Gasteiger partial charge in [0.2, 0.25) is 5.78 Å². The van der Waals surface area contributed by atoms with Gasteiger partial charge in [-0.05, 0) is 23.6 Å². The summed E-state index contributed by atoms with van der Waals surface area (Å²) >= 11 is 2.75. The number of thioether (sulfide) groups is 1. The molecule has 2 aromatic carbocycles. The number of fused-ring (bicyclic) bond motifs is 3. The Morgan fingerprint density at radius 1 is 1.03 bits per heavy atom. The summed E-state index contributed by atoms with van der Waals surface area (Å²) in [5.41, 5.74) is 8.12. The maximum atomic E-state index is 13.5. The van der Waals surface area contributed by atoms with Crippen molar-refractivity contribution in [1.29, 1.82) is 0 Å². The molecule has 0 bridgehead atoms. The van der Waals surface area contributed by atoms with Gasteiger partial charge in [-0.15, -0.1) is 21.5 Å². The van der Waals surface area contributed by atoms with Crippen molar-refractivity contribution in [2.24, 2.45) is 5.73 Å². The number of nitrogens with zero attached hydrogens (tertiary/aromatic N) is 4. The Kier molecular flexibility index (Phi) is 5.28. The average Bonchev–Trinajstić information content (AvgIpc) is 3.38. The van der Waals surface area contributed by atoms with Gasteiger partial charge >= 0.3 is 0 Å². The van der Waals surface area contributed by atoms with Crippen molar-refractivity contribution in [3.8, 4) is 0 Å². The fraction of sp³-hybridized carbons (Fsp3) is 0.130. The van der Waals surface area contributed by atoms with Crippen molar-refractivity contribution in [1.82, 2.24) is 19.2 Å². The number of hydrogen-bond donors (Lipinski definition) is 1. The number of aryl methyl sites for hydroxylation is 1. The molecule has 5 aromatic rings. The van der Waals surface area contributed by atoms with E-state index in [0.717, 1.165) is 11.1 Å². The van der Waals surface area contributed by atoms with Crippen LogP contribution < -0.4 is 11.3 Å². The highest BCUT2D eigenvalue weighted by Crippen LogP contribution is 2.32. The highest BCUT2D eigenvalue weighted by Gasteiger charge is 2.23. The van der Waals surface area contributed by atoms with Crippen LogP contribution in [-0.2, 0) is 12.3 Å². The minimum Gasteiger partial charge on any atom is -0.365 e. The molecule has 0 unspecified atom stereocenters. The van der Waals surface area contributed by atoms with E-state index >= 15 is 0 Å². The van der Waals surface area contributed by atoms with E-state index in [1.54, 1.807) is 11.5 Å². The molecule has 7 nitrogen and oxygen atoms in total. The van der Waals surface area contributed by atoms with Crippen LogP contribution in [0.25, 0.3) is 16.0 Å². The third-order valence-corrected chi connectivity index (χ3v) is 7.56. The van der Waals surface area contributed by atoms with Crippen molar-refractivity contribution in [2.75, 3.05) is 0 Å². The van der Waals surface area contributed by atoms with Crippen LogP contribution in [0.3, 0.4) is 0 Å². The van der Waals surface area contributed by atoms with Gasteiger partial charge < -0.3 is 5.73 Å².